The molecule has 0 heterocycles. The third kappa shape index (κ3) is 5.53. The normalized spacial score (nSPS) is 13.8. The fourth-order valence-corrected chi connectivity index (χ4v) is 2.10. The van der Waals surface area contributed by atoms with Gasteiger partial charge in [0.25, 0.3) is 5.91 Å². The van der Waals surface area contributed by atoms with Crippen LogP contribution >= 0.6 is 0 Å². The van der Waals surface area contributed by atoms with E-state index in [0.717, 1.165) is 18.4 Å². The van der Waals surface area contributed by atoms with E-state index in [4.69, 9.17) is 5.73 Å². The molecule has 106 valence electrons. The second-order valence-corrected chi connectivity index (χ2v) is 6.39. The van der Waals surface area contributed by atoms with Crippen LogP contribution in [0.15, 0.2) is 24.3 Å². The van der Waals surface area contributed by atoms with Crippen molar-refractivity contribution in [2.45, 2.75) is 25.0 Å². The van der Waals surface area contributed by atoms with Gasteiger partial charge in [-0.2, -0.15) is 0 Å². The highest BCUT2D eigenvalue weighted by molar-refractivity contribution is 7.84. The molecule has 0 aliphatic rings. The molecular weight excluding hydrogens is 260 g/mol. The lowest BCUT2D eigenvalue weighted by molar-refractivity contribution is 0.0953. The van der Waals surface area contributed by atoms with Crippen LogP contribution in [0.2, 0.25) is 0 Å². The number of nitrogens with two attached hydrogens (primary N) is 1. The Bertz CT molecular complexity index is 432. The van der Waals surface area contributed by atoms with E-state index < -0.39 is 10.8 Å². The first-order valence-corrected chi connectivity index (χ1v) is 8.06. The summed E-state index contributed by atoms with van der Waals surface area (Å²) in [5.41, 5.74) is 7.25. The van der Waals surface area contributed by atoms with Gasteiger partial charge in [0.05, 0.1) is 0 Å². The Morgan fingerprint density at radius 3 is 2.53 bits per heavy atom. The van der Waals surface area contributed by atoms with Gasteiger partial charge in [0.2, 0.25) is 0 Å². The van der Waals surface area contributed by atoms with Gasteiger partial charge >= 0.3 is 0 Å². The molecule has 2 atom stereocenters. The number of benzene rings is 1. The topological polar surface area (TPSA) is 72.2 Å². The number of nitrogens with one attached hydrogen (secondary N) is 1. The van der Waals surface area contributed by atoms with Gasteiger partial charge in [-0.3, -0.25) is 9.00 Å². The van der Waals surface area contributed by atoms with E-state index >= 15 is 0 Å². The second-order valence-electron chi connectivity index (χ2n) is 4.59. The summed E-state index contributed by atoms with van der Waals surface area (Å²) < 4.78 is 11.2. The van der Waals surface area contributed by atoms with Crippen molar-refractivity contribution >= 4 is 16.7 Å². The van der Waals surface area contributed by atoms with Crippen molar-refractivity contribution in [2.24, 2.45) is 5.73 Å². The number of carbonyl (C=O) groups is 1. The van der Waals surface area contributed by atoms with E-state index in [2.05, 4.69) is 5.32 Å². The lowest BCUT2D eigenvalue weighted by Crippen LogP contribution is -2.27. The highest BCUT2D eigenvalue weighted by Gasteiger charge is 2.08. The molecule has 0 fully saturated rings. The third-order valence-electron chi connectivity index (χ3n) is 3.05. The predicted molar refractivity (Wildman–Crippen MR) is 79.7 cm³/mol. The zero-order chi connectivity index (χ0) is 14.3. The van der Waals surface area contributed by atoms with Crippen molar-refractivity contribution in [1.29, 1.82) is 0 Å². The minimum atomic E-state index is -0.838. The van der Waals surface area contributed by atoms with Crippen molar-refractivity contribution in [2.75, 3.05) is 19.3 Å². The van der Waals surface area contributed by atoms with Crippen molar-refractivity contribution in [3.63, 3.8) is 0 Å². The Balaban J connectivity index is 2.43. The molecule has 0 radical (unpaired) electrons. The molecule has 1 aromatic carbocycles. The number of hydrogen-bond acceptors (Lipinski definition) is 3. The fraction of sp³-hybridized carbons (Fsp3) is 0.500. The second kappa shape index (κ2) is 8.07. The third-order valence-corrected chi connectivity index (χ3v) is 4.42. The average Bonchev–Trinajstić information content (AvgIpc) is 2.39. The van der Waals surface area contributed by atoms with Crippen molar-refractivity contribution in [3.8, 4) is 0 Å². The van der Waals surface area contributed by atoms with E-state index in [1.807, 2.05) is 31.2 Å². The van der Waals surface area contributed by atoms with Crippen LogP contribution in [0.25, 0.3) is 0 Å². The maximum atomic E-state index is 11.9. The van der Waals surface area contributed by atoms with E-state index in [0.29, 0.717) is 18.7 Å². The van der Waals surface area contributed by atoms with Gasteiger partial charge in [0.1, 0.15) is 0 Å². The Hall–Kier alpha value is -1.20. The van der Waals surface area contributed by atoms with Gasteiger partial charge in [-0.15, -0.1) is 0 Å². The summed E-state index contributed by atoms with van der Waals surface area (Å²) >= 11 is 0. The molecule has 0 saturated heterocycles. The van der Waals surface area contributed by atoms with Gasteiger partial charge in [-0.25, -0.2) is 0 Å². The van der Waals surface area contributed by atoms with Gasteiger partial charge in [0.15, 0.2) is 0 Å². The molecule has 4 nitrogen and oxygen atoms in total. The summed E-state index contributed by atoms with van der Waals surface area (Å²) in [6.07, 6.45) is 3.23. The van der Waals surface area contributed by atoms with E-state index in [1.165, 1.54) is 0 Å². The average molecular weight is 282 g/mol. The van der Waals surface area contributed by atoms with Crippen LogP contribution in [0.3, 0.4) is 0 Å². The molecule has 0 saturated carbocycles. The largest absolute Gasteiger partial charge is 0.352 e. The van der Waals surface area contributed by atoms with E-state index in [9.17, 15) is 9.00 Å². The molecule has 2 unspecified atom stereocenters. The minimum Gasteiger partial charge on any atom is -0.352 e. The Morgan fingerprint density at radius 2 is 2.00 bits per heavy atom. The van der Waals surface area contributed by atoms with E-state index in [-0.39, 0.29) is 11.2 Å². The molecule has 0 aromatic heterocycles. The summed E-state index contributed by atoms with van der Waals surface area (Å²) in [5, 5.41) is 2.94. The van der Waals surface area contributed by atoms with Gasteiger partial charge in [-0.05, 0) is 37.1 Å². The summed E-state index contributed by atoms with van der Waals surface area (Å²) in [6.45, 7) is 3.08. The highest BCUT2D eigenvalue weighted by atomic mass is 32.2. The van der Waals surface area contributed by atoms with Gasteiger partial charge < -0.3 is 11.1 Å². The van der Waals surface area contributed by atoms with Crippen molar-refractivity contribution in [1.82, 2.24) is 5.32 Å². The van der Waals surface area contributed by atoms with Crippen LogP contribution in [0, 0.1) is 0 Å². The number of rotatable bonds is 7. The predicted octanol–water partition coefficient (Wildman–Crippen LogP) is 1.07. The molecule has 0 bridgehead atoms. The van der Waals surface area contributed by atoms with E-state index in [1.54, 1.807) is 6.26 Å². The molecule has 0 spiro atoms. The first kappa shape index (κ1) is 15.9. The number of hydrogen-bond donors (Lipinski definition) is 2. The zero-order valence-electron chi connectivity index (χ0n) is 11.5. The molecule has 3 N–H and O–H groups in total. The van der Waals surface area contributed by atoms with Crippen molar-refractivity contribution in [3.05, 3.63) is 35.4 Å². The standard InChI is InChI=1S/C14H22N2O2S/c1-11(19(2)18)8-10-16-14(17)13-5-3-12(4-6-13)7-9-15/h3-6,11H,7-10,15H2,1-2H3,(H,16,17). The first-order chi connectivity index (χ1) is 9.04. The summed E-state index contributed by atoms with van der Waals surface area (Å²) in [4.78, 5) is 11.9. The highest BCUT2D eigenvalue weighted by Crippen LogP contribution is 2.05. The van der Waals surface area contributed by atoms with Gasteiger partial charge in [0, 0.05) is 34.4 Å². The molecule has 1 rings (SSSR count). The summed E-state index contributed by atoms with van der Waals surface area (Å²) in [7, 11) is -0.838. The summed E-state index contributed by atoms with van der Waals surface area (Å²) in [6, 6.07) is 7.46. The Labute approximate surface area is 117 Å². The minimum absolute atomic E-state index is 0.0895. The smallest absolute Gasteiger partial charge is 0.251 e. The molecule has 0 aliphatic carbocycles. The monoisotopic (exact) mass is 282 g/mol. The maximum absolute atomic E-state index is 11.9. The molecule has 1 aromatic rings. The quantitative estimate of drug-likeness (QED) is 0.786. The molecular formula is C14H22N2O2S. The lowest BCUT2D eigenvalue weighted by Gasteiger charge is -2.09. The Kier molecular flexibility index (Phi) is 6.73. The molecule has 0 aliphatic heterocycles. The zero-order valence-corrected chi connectivity index (χ0v) is 12.3. The van der Waals surface area contributed by atoms with Crippen LogP contribution in [-0.4, -0.2) is 34.7 Å². The van der Waals surface area contributed by atoms with Crippen LogP contribution in [0.1, 0.15) is 29.3 Å². The van der Waals surface area contributed by atoms with Gasteiger partial charge in [-0.1, -0.05) is 19.1 Å². The molecule has 5 heteroatoms. The number of amides is 1. The van der Waals surface area contributed by atoms with Crippen LogP contribution < -0.4 is 11.1 Å². The van der Waals surface area contributed by atoms with Crippen LogP contribution in [0.4, 0.5) is 0 Å². The molecule has 1 amide bonds. The summed E-state index contributed by atoms with van der Waals surface area (Å²) in [5.74, 6) is -0.0895. The Morgan fingerprint density at radius 1 is 1.37 bits per heavy atom. The number of carbonyl (C=O) groups excluding carboxylic acids is 1. The van der Waals surface area contributed by atoms with Crippen LogP contribution in [-0.2, 0) is 17.2 Å². The molecule has 19 heavy (non-hydrogen) atoms. The van der Waals surface area contributed by atoms with Crippen LogP contribution in [0.5, 0.6) is 0 Å². The lowest BCUT2D eigenvalue weighted by atomic mass is 10.1. The fourth-order valence-electron chi connectivity index (χ4n) is 1.65. The SMILES string of the molecule is CC(CCNC(=O)c1ccc(CCN)cc1)S(C)=O. The maximum Gasteiger partial charge on any atom is 0.251 e. The van der Waals surface area contributed by atoms with Crippen molar-refractivity contribution < 1.29 is 9.00 Å². The first-order valence-electron chi connectivity index (χ1n) is 6.44.